The van der Waals surface area contributed by atoms with Crippen LogP contribution in [0.5, 0.6) is 0 Å². The van der Waals surface area contributed by atoms with Gasteiger partial charge in [-0.2, -0.15) is 0 Å². The van der Waals surface area contributed by atoms with Gasteiger partial charge in [-0.15, -0.1) is 0 Å². The number of esters is 1. The van der Waals surface area contributed by atoms with Crippen LogP contribution >= 0.6 is 11.8 Å². The first-order valence-corrected chi connectivity index (χ1v) is 8.96. The molecule has 130 valence electrons. The highest BCUT2D eigenvalue weighted by Crippen LogP contribution is 2.44. The van der Waals surface area contributed by atoms with Gasteiger partial charge in [-0.1, -0.05) is 11.8 Å². The average molecular weight is 348 g/mol. The number of nitrogens with zero attached hydrogens (tertiary/aromatic N) is 3. The highest BCUT2D eigenvalue weighted by molar-refractivity contribution is 8.04. The maximum atomic E-state index is 11.9. The van der Waals surface area contributed by atoms with Gasteiger partial charge < -0.3 is 25.2 Å². The van der Waals surface area contributed by atoms with Gasteiger partial charge in [-0.3, -0.25) is 0 Å². The minimum atomic E-state index is -0.314. The van der Waals surface area contributed by atoms with Crippen LogP contribution in [0.3, 0.4) is 0 Å². The molecule has 6 nitrogen and oxygen atoms in total. The van der Waals surface area contributed by atoms with Gasteiger partial charge in [0.25, 0.3) is 0 Å². The standard InChI is InChI=1S/C17H24N4O2S/c1-4-20-11-16(17(22)23-3)24-15-9-12(18)13(10-14(15)20)21-7-5-19(2)6-8-21/h9-11H,4-8,18H2,1-3H3. The summed E-state index contributed by atoms with van der Waals surface area (Å²) in [7, 11) is 3.54. The third kappa shape index (κ3) is 3.18. The molecule has 2 aliphatic heterocycles. The van der Waals surface area contributed by atoms with Crippen LogP contribution in [0.15, 0.2) is 28.1 Å². The zero-order valence-corrected chi connectivity index (χ0v) is 15.2. The summed E-state index contributed by atoms with van der Waals surface area (Å²) in [4.78, 5) is 20.2. The zero-order valence-electron chi connectivity index (χ0n) is 14.4. The predicted octanol–water partition coefficient (Wildman–Crippen LogP) is 1.97. The van der Waals surface area contributed by atoms with E-state index in [0.717, 1.165) is 54.7 Å². The van der Waals surface area contributed by atoms with E-state index in [1.165, 1.54) is 18.9 Å². The second kappa shape index (κ2) is 6.94. The van der Waals surface area contributed by atoms with Crippen molar-refractivity contribution < 1.29 is 9.53 Å². The Balaban J connectivity index is 1.93. The van der Waals surface area contributed by atoms with E-state index in [0.29, 0.717) is 4.91 Å². The first-order chi connectivity index (χ1) is 11.5. The average Bonchev–Trinajstić information content (AvgIpc) is 2.60. The van der Waals surface area contributed by atoms with Crippen LogP contribution in [0, 0.1) is 0 Å². The molecule has 0 unspecified atom stereocenters. The summed E-state index contributed by atoms with van der Waals surface area (Å²) in [5.74, 6) is -0.314. The quantitative estimate of drug-likeness (QED) is 0.662. The molecular weight excluding hydrogens is 324 g/mol. The Morgan fingerprint density at radius 3 is 2.58 bits per heavy atom. The molecule has 0 radical (unpaired) electrons. The smallest absolute Gasteiger partial charge is 0.346 e. The summed E-state index contributed by atoms with van der Waals surface area (Å²) in [6.45, 7) is 6.87. The van der Waals surface area contributed by atoms with Crippen LogP contribution in [0.4, 0.5) is 17.1 Å². The largest absolute Gasteiger partial charge is 0.465 e. The molecule has 0 aromatic heterocycles. The van der Waals surface area contributed by atoms with Crippen molar-refractivity contribution in [1.29, 1.82) is 0 Å². The number of nitrogens with two attached hydrogens (primary N) is 1. The number of fused-ring (bicyclic) bond motifs is 1. The van der Waals surface area contributed by atoms with E-state index in [2.05, 4.69) is 34.7 Å². The number of thioether (sulfide) groups is 1. The van der Waals surface area contributed by atoms with E-state index >= 15 is 0 Å². The molecule has 0 saturated carbocycles. The third-order valence-corrected chi connectivity index (χ3v) is 5.52. The number of hydrogen-bond acceptors (Lipinski definition) is 7. The van der Waals surface area contributed by atoms with E-state index in [1.54, 1.807) is 0 Å². The fraction of sp³-hybridized carbons (Fsp3) is 0.471. The molecule has 1 aromatic rings. The van der Waals surface area contributed by atoms with Crippen LogP contribution in [0.1, 0.15) is 6.92 Å². The number of ether oxygens (including phenoxy) is 1. The lowest BCUT2D eigenvalue weighted by Gasteiger charge is -2.36. The Morgan fingerprint density at radius 2 is 1.96 bits per heavy atom. The number of rotatable bonds is 3. The molecular formula is C17H24N4O2S. The van der Waals surface area contributed by atoms with Crippen molar-refractivity contribution in [2.45, 2.75) is 11.8 Å². The van der Waals surface area contributed by atoms with E-state index in [4.69, 9.17) is 10.5 Å². The Labute approximate surface area is 147 Å². The van der Waals surface area contributed by atoms with Gasteiger partial charge >= 0.3 is 5.97 Å². The van der Waals surface area contributed by atoms with Gasteiger partial charge in [0.05, 0.1) is 24.2 Å². The van der Waals surface area contributed by atoms with Gasteiger partial charge in [0.15, 0.2) is 0 Å². The number of methoxy groups -OCH3 is 1. The van der Waals surface area contributed by atoms with Crippen LogP contribution in [0.25, 0.3) is 0 Å². The normalized spacial score (nSPS) is 18.2. The minimum absolute atomic E-state index is 0.314. The minimum Gasteiger partial charge on any atom is -0.465 e. The number of piperazine rings is 1. The van der Waals surface area contributed by atoms with Crippen molar-refractivity contribution in [2.24, 2.45) is 0 Å². The molecule has 2 heterocycles. The molecule has 3 rings (SSSR count). The lowest BCUT2D eigenvalue weighted by molar-refractivity contribution is -0.135. The number of hydrogen-bond donors (Lipinski definition) is 1. The first-order valence-electron chi connectivity index (χ1n) is 8.15. The van der Waals surface area contributed by atoms with Crippen molar-refractivity contribution in [3.63, 3.8) is 0 Å². The molecule has 1 saturated heterocycles. The van der Waals surface area contributed by atoms with Crippen molar-refractivity contribution in [3.05, 3.63) is 23.2 Å². The highest BCUT2D eigenvalue weighted by atomic mass is 32.2. The van der Waals surface area contributed by atoms with E-state index in [-0.39, 0.29) is 5.97 Å². The predicted molar refractivity (Wildman–Crippen MR) is 99.5 cm³/mol. The van der Waals surface area contributed by atoms with Crippen LogP contribution < -0.4 is 15.5 Å². The van der Waals surface area contributed by atoms with Gasteiger partial charge in [0.2, 0.25) is 0 Å². The second-order valence-electron chi connectivity index (χ2n) is 6.04. The SMILES string of the molecule is CCN1C=C(C(=O)OC)Sc2cc(N)c(N3CCN(C)CC3)cc21. The summed E-state index contributed by atoms with van der Waals surface area (Å²) < 4.78 is 4.86. The van der Waals surface area contributed by atoms with Gasteiger partial charge in [-0.25, -0.2) is 4.79 Å². The Kier molecular flexibility index (Phi) is 4.91. The Hall–Kier alpha value is -1.86. The molecule has 2 aliphatic rings. The summed E-state index contributed by atoms with van der Waals surface area (Å²) >= 11 is 1.42. The number of benzene rings is 1. The van der Waals surface area contributed by atoms with E-state index in [1.807, 2.05) is 12.3 Å². The zero-order chi connectivity index (χ0) is 17.3. The molecule has 24 heavy (non-hydrogen) atoms. The van der Waals surface area contributed by atoms with Crippen molar-refractivity contribution >= 4 is 34.8 Å². The lowest BCUT2D eigenvalue weighted by atomic mass is 10.1. The summed E-state index contributed by atoms with van der Waals surface area (Å²) in [6, 6.07) is 4.13. The van der Waals surface area contributed by atoms with Gasteiger partial charge in [-0.05, 0) is 26.1 Å². The maximum Gasteiger partial charge on any atom is 0.346 e. The van der Waals surface area contributed by atoms with Crippen molar-refractivity contribution in [2.75, 3.05) is 62.4 Å². The van der Waals surface area contributed by atoms with Gasteiger partial charge in [0, 0.05) is 43.8 Å². The molecule has 0 amide bonds. The third-order valence-electron chi connectivity index (χ3n) is 4.48. The Bertz CT molecular complexity index is 669. The molecule has 7 heteroatoms. The Morgan fingerprint density at radius 1 is 1.25 bits per heavy atom. The maximum absolute atomic E-state index is 11.9. The van der Waals surface area contributed by atoms with Crippen molar-refractivity contribution in [1.82, 2.24) is 4.90 Å². The van der Waals surface area contributed by atoms with Gasteiger partial charge in [0.1, 0.15) is 4.91 Å². The molecule has 0 spiro atoms. The number of carbonyl (C=O) groups is 1. The lowest BCUT2D eigenvalue weighted by Crippen LogP contribution is -2.44. The molecule has 1 aromatic carbocycles. The summed E-state index contributed by atoms with van der Waals surface area (Å²) in [6.07, 6.45) is 1.86. The highest BCUT2D eigenvalue weighted by Gasteiger charge is 2.25. The van der Waals surface area contributed by atoms with Crippen LogP contribution in [-0.2, 0) is 9.53 Å². The summed E-state index contributed by atoms with van der Waals surface area (Å²) in [5, 5.41) is 0. The first kappa shape index (κ1) is 17.0. The monoisotopic (exact) mass is 348 g/mol. The van der Waals surface area contributed by atoms with E-state index < -0.39 is 0 Å². The number of likely N-dealkylation sites (N-methyl/N-ethyl adjacent to an activating group) is 1. The molecule has 0 aliphatic carbocycles. The molecule has 0 atom stereocenters. The number of carbonyl (C=O) groups excluding carboxylic acids is 1. The molecule has 2 N–H and O–H groups in total. The van der Waals surface area contributed by atoms with Crippen molar-refractivity contribution in [3.8, 4) is 0 Å². The fourth-order valence-corrected chi connectivity index (χ4v) is 4.06. The molecule has 0 bridgehead atoms. The van der Waals surface area contributed by atoms with Crippen LogP contribution in [0.2, 0.25) is 0 Å². The second-order valence-corrected chi connectivity index (χ2v) is 7.13. The van der Waals surface area contributed by atoms with E-state index in [9.17, 15) is 4.79 Å². The topological polar surface area (TPSA) is 62.0 Å². The van der Waals surface area contributed by atoms with Crippen LogP contribution in [-0.4, -0.2) is 57.8 Å². The summed E-state index contributed by atoms with van der Waals surface area (Å²) in [5.41, 5.74) is 9.26. The fourth-order valence-electron chi connectivity index (χ4n) is 3.01. The molecule has 1 fully saturated rings. The number of nitrogen functional groups attached to an aromatic ring is 1. The number of anilines is 3.